The van der Waals surface area contributed by atoms with E-state index < -0.39 is 10.0 Å². The van der Waals surface area contributed by atoms with E-state index in [1.165, 1.54) is 11.0 Å². The molecule has 0 aliphatic carbocycles. The molecule has 0 aliphatic heterocycles. The molecule has 7 heteroatoms. The minimum Gasteiger partial charge on any atom is -0.247 e. The van der Waals surface area contributed by atoms with Crippen molar-refractivity contribution < 1.29 is 8.42 Å². The van der Waals surface area contributed by atoms with Gasteiger partial charge in [0.25, 0.3) is 10.0 Å². The Labute approximate surface area is 116 Å². The van der Waals surface area contributed by atoms with Crippen LogP contribution in [0.15, 0.2) is 53.7 Å². The number of aromatic nitrogens is 3. The van der Waals surface area contributed by atoms with Crippen molar-refractivity contribution >= 4 is 26.7 Å². The molecule has 1 aromatic heterocycles. The summed E-state index contributed by atoms with van der Waals surface area (Å²) in [5, 5.41) is 5.38. The van der Waals surface area contributed by atoms with Crippen molar-refractivity contribution in [3.05, 3.63) is 48.8 Å². The van der Waals surface area contributed by atoms with Gasteiger partial charge in [0.1, 0.15) is 6.33 Å². The number of anilines is 1. The third kappa shape index (κ3) is 2.12. The van der Waals surface area contributed by atoms with Gasteiger partial charge in [0, 0.05) is 12.4 Å². The monoisotopic (exact) mass is 288 g/mol. The summed E-state index contributed by atoms with van der Waals surface area (Å²) in [5.74, 6) is 0.179. The molecule has 0 fully saturated rings. The Hall–Kier alpha value is -2.41. The first kappa shape index (κ1) is 12.6. The van der Waals surface area contributed by atoms with E-state index in [9.17, 15) is 8.42 Å². The predicted octanol–water partition coefficient (Wildman–Crippen LogP) is 1.77. The molecule has 20 heavy (non-hydrogen) atoms. The molecule has 102 valence electrons. The zero-order chi connectivity index (χ0) is 14.2. The van der Waals surface area contributed by atoms with E-state index in [2.05, 4.69) is 14.8 Å². The number of hydrogen-bond donors (Lipinski definition) is 1. The molecule has 0 amide bonds. The van der Waals surface area contributed by atoms with Gasteiger partial charge in [-0.25, -0.2) is 17.8 Å². The number of nitrogens with zero attached hydrogens (tertiary/aromatic N) is 3. The Morgan fingerprint density at radius 1 is 1.10 bits per heavy atom. The van der Waals surface area contributed by atoms with Crippen molar-refractivity contribution in [3.8, 4) is 0 Å². The Morgan fingerprint density at radius 3 is 2.60 bits per heavy atom. The first-order valence-corrected chi connectivity index (χ1v) is 7.41. The molecule has 0 unspecified atom stereocenters. The molecule has 1 N–H and O–H groups in total. The number of rotatable bonds is 3. The lowest BCUT2D eigenvalue weighted by Crippen LogP contribution is -2.16. The molecular weight excluding hydrogens is 276 g/mol. The lowest BCUT2D eigenvalue weighted by Gasteiger charge is -2.09. The number of benzene rings is 2. The highest BCUT2D eigenvalue weighted by Crippen LogP contribution is 2.24. The molecule has 2 aromatic carbocycles. The van der Waals surface area contributed by atoms with E-state index in [1.54, 1.807) is 25.2 Å². The molecule has 6 nitrogen and oxygen atoms in total. The summed E-state index contributed by atoms with van der Waals surface area (Å²) < 4.78 is 28.7. The van der Waals surface area contributed by atoms with Gasteiger partial charge in [-0.2, -0.15) is 10.1 Å². The van der Waals surface area contributed by atoms with Gasteiger partial charge < -0.3 is 0 Å². The van der Waals surface area contributed by atoms with Crippen LogP contribution in [0.1, 0.15) is 0 Å². The van der Waals surface area contributed by atoms with E-state index in [-0.39, 0.29) is 10.8 Å². The topological polar surface area (TPSA) is 76.9 Å². The zero-order valence-electron chi connectivity index (χ0n) is 10.7. The van der Waals surface area contributed by atoms with E-state index in [0.717, 1.165) is 5.39 Å². The second-order valence-corrected chi connectivity index (χ2v) is 5.94. The lowest BCUT2D eigenvalue weighted by atomic mass is 10.1. The van der Waals surface area contributed by atoms with Crippen molar-refractivity contribution in [3.63, 3.8) is 0 Å². The van der Waals surface area contributed by atoms with Gasteiger partial charge in [-0.1, -0.05) is 36.4 Å². The van der Waals surface area contributed by atoms with Crippen LogP contribution in [0.4, 0.5) is 5.95 Å². The van der Waals surface area contributed by atoms with Crippen molar-refractivity contribution in [2.75, 3.05) is 4.72 Å². The van der Waals surface area contributed by atoms with Gasteiger partial charge in [0.05, 0.1) is 4.90 Å². The Balaban J connectivity index is 2.12. The van der Waals surface area contributed by atoms with Crippen molar-refractivity contribution in [2.45, 2.75) is 4.90 Å². The van der Waals surface area contributed by atoms with Crippen molar-refractivity contribution in [1.82, 2.24) is 14.8 Å². The molecule has 3 rings (SSSR count). The first-order chi connectivity index (χ1) is 9.58. The Morgan fingerprint density at radius 2 is 1.85 bits per heavy atom. The number of fused-ring (bicyclic) bond motifs is 1. The molecule has 0 spiro atoms. The maximum atomic E-state index is 12.5. The number of aryl methyl sites for hydroxylation is 1. The first-order valence-electron chi connectivity index (χ1n) is 5.92. The van der Waals surface area contributed by atoms with Gasteiger partial charge in [-0.15, -0.1) is 0 Å². The van der Waals surface area contributed by atoms with Gasteiger partial charge in [-0.3, -0.25) is 0 Å². The molecule has 0 saturated carbocycles. The molecule has 0 radical (unpaired) electrons. The molecule has 0 atom stereocenters. The predicted molar refractivity (Wildman–Crippen MR) is 75.8 cm³/mol. The van der Waals surface area contributed by atoms with Crippen molar-refractivity contribution in [1.29, 1.82) is 0 Å². The van der Waals surface area contributed by atoms with Crippen LogP contribution >= 0.6 is 0 Å². The standard InChI is InChI=1S/C13H12N4O2S/c1-17-13(14-9-15-17)16-20(18,19)12-8-4-6-10-5-2-3-7-11(10)12/h2-9H,1H3,(H,14,15,16). The van der Waals surface area contributed by atoms with E-state index in [0.29, 0.717) is 5.39 Å². The number of hydrogen-bond acceptors (Lipinski definition) is 4. The summed E-state index contributed by atoms with van der Waals surface area (Å²) in [4.78, 5) is 4.09. The van der Waals surface area contributed by atoms with Crippen LogP contribution in [0.5, 0.6) is 0 Å². The number of nitrogens with one attached hydrogen (secondary N) is 1. The molecule has 0 aliphatic rings. The average Bonchev–Trinajstić information content (AvgIpc) is 2.83. The molecule has 0 bridgehead atoms. The van der Waals surface area contributed by atoms with Gasteiger partial charge >= 0.3 is 0 Å². The minimum absolute atomic E-state index is 0.179. The van der Waals surface area contributed by atoms with Crippen LogP contribution in [0.2, 0.25) is 0 Å². The summed E-state index contributed by atoms with van der Waals surface area (Å²) in [6, 6.07) is 12.5. The van der Waals surface area contributed by atoms with E-state index >= 15 is 0 Å². The summed E-state index contributed by atoms with van der Waals surface area (Å²) in [7, 11) is -2.09. The van der Waals surface area contributed by atoms with E-state index in [1.807, 2.05) is 24.3 Å². The van der Waals surface area contributed by atoms with Gasteiger partial charge in [-0.05, 0) is 11.5 Å². The van der Waals surface area contributed by atoms with Crippen LogP contribution < -0.4 is 4.72 Å². The highest BCUT2D eigenvalue weighted by molar-refractivity contribution is 7.93. The lowest BCUT2D eigenvalue weighted by molar-refractivity contribution is 0.601. The SMILES string of the molecule is Cn1ncnc1NS(=O)(=O)c1cccc2ccccc12. The highest BCUT2D eigenvalue weighted by atomic mass is 32.2. The van der Waals surface area contributed by atoms with Crippen LogP contribution in [-0.4, -0.2) is 23.2 Å². The maximum absolute atomic E-state index is 12.5. The van der Waals surface area contributed by atoms with Crippen LogP contribution in [0.25, 0.3) is 10.8 Å². The normalized spacial score (nSPS) is 11.7. The largest absolute Gasteiger partial charge is 0.264 e. The summed E-state index contributed by atoms with van der Waals surface area (Å²) in [6.07, 6.45) is 1.29. The fourth-order valence-electron chi connectivity index (χ4n) is 1.99. The molecule has 3 aromatic rings. The summed E-state index contributed by atoms with van der Waals surface area (Å²) >= 11 is 0. The smallest absolute Gasteiger partial charge is 0.247 e. The third-order valence-electron chi connectivity index (χ3n) is 2.98. The van der Waals surface area contributed by atoms with Crippen LogP contribution in [0.3, 0.4) is 0 Å². The van der Waals surface area contributed by atoms with Gasteiger partial charge in [0.15, 0.2) is 0 Å². The fourth-order valence-corrected chi connectivity index (χ4v) is 3.26. The molecular formula is C13H12N4O2S. The Kier molecular flexibility index (Phi) is 2.90. The van der Waals surface area contributed by atoms with E-state index in [4.69, 9.17) is 0 Å². The summed E-state index contributed by atoms with van der Waals surface area (Å²) in [6.45, 7) is 0. The molecule has 1 heterocycles. The second-order valence-electron chi connectivity index (χ2n) is 4.29. The number of sulfonamides is 1. The third-order valence-corrected chi connectivity index (χ3v) is 4.36. The second kappa shape index (κ2) is 4.61. The quantitative estimate of drug-likeness (QED) is 0.797. The summed E-state index contributed by atoms with van der Waals surface area (Å²) in [5.41, 5.74) is 0. The molecule has 0 saturated heterocycles. The fraction of sp³-hybridized carbons (Fsp3) is 0.0769. The van der Waals surface area contributed by atoms with Crippen LogP contribution in [0, 0.1) is 0 Å². The van der Waals surface area contributed by atoms with Crippen LogP contribution in [-0.2, 0) is 17.1 Å². The maximum Gasteiger partial charge on any atom is 0.264 e. The van der Waals surface area contributed by atoms with Crippen molar-refractivity contribution in [2.24, 2.45) is 7.05 Å². The highest BCUT2D eigenvalue weighted by Gasteiger charge is 2.19. The zero-order valence-corrected chi connectivity index (χ0v) is 11.5. The average molecular weight is 288 g/mol. The minimum atomic E-state index is -3.71. The van der Waals surface area contributed by atoms with Gasteiger partial charge in [0.2, 0.25) is 5.95 Å². The Bertz CT molecular complexity index is 865.